The van der Waals surface area contributed by atoms with Crippen LogP contribution in [0.1, 0.15) is 37.5 Å². The van der Waals surface area contributed by atoms with Crippen molar-refractivity contribution in [1.82, 2.24) is 10.2 Å². The first-order valence-corrected chi connectivity index (χ1v) is 13.0. The van der Waals surface area contributed by atoms with Gasteiger partial charge in [0.1, 0.15) is 12.7 Å². The van der Waals surface area contributed by atoms with E-state index in [-0.39, 0.29) is 17.7 Å². The number of urea groups is 1. The fourth-order valence-electron chi connectivity index (χ4n) is 4.60. The number of carbonyl (C=O) groups excluding carboxylic acids is 4. The molecule has 0 spiro atoms. The van der Waals surface area contributed by atoms with E-state index in [1.165, 1.54) is 4.90 Å². The number of amides is 2. The third kappa shape index (κ3) is 6.13. The minimum absolute atomic E-state index is 0.273. The summed E-state index contributed by atoms with van der Waals surface area (Å²) in [5.41, 5.74) is 0.878. The molecule has 3 aromatic rings. The van der Waals surface area contributed by atoms with Crippen molar-refractivity contribution in [3.63, 3.8) is 0 Å². The minimum atomic E-state index is -1.20. The van der Waals surface area contributed by atoms with Crippen molar-refractivity contribution in [2.45, 2.75) is 31.0 Å². The molecule has 10 nitrogen and oxygen atoms in total. The molecule has 5 rings (SSSR count). The summed E-state index contributed by atoms with van der Waals surface area (Å²) in [6.45, 7) is 0.499. The van der Waals surface area contributed by atoms with Gasteiger partial charge in [0.15, 0.2) is 18.4 Å². The Morgan fingerprint density at radius 1 is 0.750 bits per heavy atom. The average Bonchev–Trinajstić information content (AvgIpc) is 3.33. The monoisotopic (exact) mass is 544 g/mol. The van der Waals surface area contributed by atoms with Crippen LogP contribution in [0.2, 0.25) is 0 Å². The molecule has 0 saturated carbocycles. The van der Waals surface area contributed by atoms with Gasteiger partial charge in [0.25, 0.3) is 0 Å². The van der Waals surface area contributed by atoms with Gasteiger partial charge in [-0.3, -0.25) is 4.90 Å². The highest BCUT2D eigenvalue weighted by molar-refractivity contribution is 5.91. The first-order chi connectivity index (χ1) is 19.5. The van der Waals surface area contributed by atoms with E-state index in [2.05, 4.69) is 5.32 Å². The summed E-state index contributed by atoms with van der Waals surface area (Å²) in [6.07, 6.45) is -3.89. The van der Waals surface area contributed by atoms with Gasteiger partial charge >= 0.3 is 23.9 Å². The molecule has 2 aliphatic rings. The van der Waals surface area contributed by atoms with Gasteiger partial charge in [0.05, 0.1) is 16.7 Å². The van der Waals surface area contributed by atoms with Crippen molar-refractivity contribution in [3.05, 3.63) is 108 Å². The van der Waals surface area contributed by atoms with Crippen molar-refractivity contribution in [3.8, 4) is 0 Å². The number of nitrogens with one attached hydrogen (secondary N) is 1. The van der Waals surface area contributed by atoms with Crippen molar-refractivity contribution in [2.24, 2.45) is 0 Å². The summed E-state index contributed by atoms with van der Waals surface area (Å²) in [5.74, 6) is -1.97. The fourth-order valence-corrected chi connectivity index (χ4v) is 4.60. The number of hydrogen-bond acceptors (Lipinski definition) is 8. The molecule has 4 atom stereocenters. The van der Waals surface area contributed by atoms with E-state index >= 15 is 0 Å². The maximum atomic E-state index is 13.1. The summed E-state index contributed by atoms with van der Waals surface area (Å²) in [5, 5.41) is 2.76. The van der Waals surface area contributed by atoms with Crippen LogP contribution in [0.5, 0.6) is 0 Å². The Kier molecular flexibility index (Phi) is 8.36. The van der Waals surface area contributed by atoms with Crippen molar-refractivity contribution < 1.29 is 38.1 Å². The van der Waals surface area contributed by atoms with Crippen LogP contribution < -0.4 is 5.32 Å². The summed E-state index contributed by atoms with van der Waals surface area (Å²) in [7, 11) is 0. The quantitative estimate of drug-likeness (QED) is 0.338. The van der Waals surface area contributed by atoms with E-state index in [4.69, 9.17) is 18.9 Å². The number of hydrogen-bond donors (Lipinski definition) is 1. The Balaban J connectivity index is 1.44. The smallest absolute Gasteiger partial charge is 0.338 e. The van der Waals surface area contributed by atoms with E-state index in [0.29, 0.717) is 25.1 Å². The molecule has 0 aromatic heterocycles. The van der Waals surface area contributed by atoms with Crippen LogP contribution in [-0.2, 0) is 18.9 Å². The van der Waals surface area contributed by atoms with Gasteiger partial charge < -0.3 is 24.3 Å². The van der Waals surface area contributed by atoms with Crippen molar-refractivity contribution in [1.29, 1.82) is 0 Å². The van der Waals surface area contributed by atoms with Crippen molar-refractivity contribution >= 4 is 23.9 Å². The zero-order valence-electron chi connectivity index (χ0n) is 21.5. The molecule has 2 saturated heterocycles. The maximum absolute atomic E-state index is 13.1. The minimum Gasteiger partial charge on any atom is -0.459 e. The molecular weight excluding hydrogens is 516 g/mol. The van der Waals surface area contributed by atoms with Gasteiger partial charge in [-0.2, -0.15) is 0 Å². The van der Waals surface area contributed by atoms with Crippen LogP contribution >= 0.6 is 0 Å². The standard InChI is InChI=1S/C30H28N2O8/c33-27(20-11-4-1-5-12-20)37-19-23-24(39-28(34)21-13-6-2-7-14-21)25(40-29(35)22-15-8-3-9-16-22)26(38-23)32-18-10-17-31-30(32)36/h1-9,11-16,23-26H,10,17-19H2,(H,31,36)/t23-,24-,25-,26-/m1/s1. The summed E-state index contributed by atoms with van der Waals surface area (Å²) in [4.78, 5) is 53.2. The zero-order chi connectivity index (χ0) is 27.9. The second-order valence-electron chi connectivity index (χ2n) is 9.28. The molecule has 2 amide bonds. The van der Waals surface area contributed by atoms with Crippen LogP contribution in [0.25, 0.3) is 0 Å². The molecule has 10 heteroatoms. The largest absolute Gasteiger partial charge is 0.459 e. The predicted molar refractivity (Wildman–Crippen MR) is 141 cm³/mol. The van der Waals surface area contributed by atoms with Crippen LogP contribution in [0.3, 0.4) is 0 Å². The van der Waals surface area contributed by atoms with E-state index in [1.54, 1.807) is 91.0 Å². The lowest BCUT2D eigenvalue weighted by atomic mass is 10.1. The maximum Gasteiger partial charge on any atom is 0.338 e. The number of nitrogens with zero attached hydrogens (tertiary/aromatic N) is 1. The third-order valence-corrected chi connectivity index (χ3v) is 6.60. The van der Waals surface area contributed by atoms with Gasteiger partial charge in [-0.15, -0.1) is 0 Å². The van der Waals surface area contributed by atoms with Gasteiger partial charge in [0, 0.05) is 13.1 Å². The number of carbonyl (C=O) groups is 4. The van der Waals surface area contributed by atoms with Crippen LogP contribution in [-0.4, -0.2) is 73.1 Å². The molecule has 0 bridgehead atoms. The number of ether oxygens (including phenoxy) is 4. The Morgan fingerprint density at radius 2 is 1.25 bits per heavy atom. The normalized spacial score (nSPS) is 22.2. The highest BCUT2D eigenvalue weighted by Crippen LogP contribution is 2.32. The summed E-state index contributed by atoms with van der Waals surface area (Å²) in [6, 6.07) is 24.6. The first kappa shape index (κ1) is 26.9. The Labute approximate surface area is 230 Å². The summed E-state index contributed by atoms with van der Waals surface area (Å²) >= 11 is 0. The van der Waals surface area contributed by atoms with Crippen LogP contribution in [0.4, 0.5) is 4.79 Å². The molecule has 2 fully saturated rings. The van der Waals surface area contributed by atoms with Crippen LogP contribution in [0, 0.1) is 0 Å². The summed E-state index contributed by atoms with van der Waals surface area (Å²) < 4.78 is 23.4. The lowest BCUT2D eigenvalue weighted by Gasteiger charge is -2.34. The molecule has 2 heterocycles. The Bertz CT molecular complexity index is 1340. The number of rotatable bonds is 8. The number of benzene rings is 3. The van der Waals surface area contributed by atoms with Crippen LogP contribution in [0.15, 0.2) is 91.0 Å². The van der Waals surface area contributed by atoms with Crippen molar-refractivity contribution in [2.75, 3.05) is 19.7 Å². The Morgan fingerprint density at radius 3 is 1.77 bits per heavy atom. The van der Waals surface area contributed by atoms with Gasteiger partial charge in [-0.1, -0.05) is 54.6 Å². The highest BCUT2D eigenvalue weighted by atomic mass is 16.7. The third-order valence-electron chi connectivity index (χ3n) is 6.60. The first-order valence-electron chi connectivity index (χ1n) is 13.0. The van der Waals surface area contributed by atoms with Gasteiger partial charge in [0.2, 0.25) is 0 Å². The molecule has 0 aliphatic carbocycles. The topological polar surface area (TPSA) is 120 Å². The molecule has 0 radical (unpaired) electrons. The molecule has 3 aromatic carbocycles. The van der Waals surface area contributed by atoms with E-state index in [0.717, 1.165) is 0 Å². The molecular formula is C30H28N2O8. The zero-order valence-corrected chi connectivity index (χ0v) is 21.5. The molecule has 2 aliphatic heterocycles. The second-order valence-corrected chi connectivity index (χ2v) is 9.28. The highest BCUT2D eigenvalue weighted by Gasteiger charge is 2.53. The molecule has 40 heavy (non-hydrogen) atoms. The fraction of sp³-hybridized carbons (Fsp3) is 0.267. The SMILES string of the molecule is O=C(OC[C@H]1O[C@@H](N2CCCNC2=O)[C@H](OC(=O)c2ccccc2)[C@@H]1OC(=O)c1ccccc1)c1ccccc1. The van der Waals surface area contributed by atoms with E-state index in [1.807, 2.05) is 0 Å². The molecule has 0 unspecified atom stereocenters. The lowest BCUT2D eigenvalue weighted by molar-refractivity contribution is -0.0876. The Hall–Kier alpha value is -4.70. The predicted octanol–water partition coefficient (Wildman–Crippen LogP) is 3.43. The second kappa shape index (κ2) is 12.4. The van der Waals surface area contributed by atoms with Gasteiger partial charge in [-0.25, -0.2) is 19.2 Å². The lowest BCUT2D eigenvalue weighted by Crippen LogP contribution is -2.56. The van der Waals surface area contributed by atoms with E-state index in [9.17, 15) is 19.2 Å². The number of esters is 3. The average molecular weight is 545 g/mol. The molecule has 1 N–H and O–H groups in total. The molecule has 206 valence electrons. The van der Waals surface area contributed by atoms with Gasteiger partial charge in [-0.05, 0) is 42.8 Å². The van der Waals surface area contributed by atoms with E-state index < -0.39 is 48.5 Å².